The Kier molecular flexibility index (Phi) is 15.7. The van der Waals surface area contributed by atoms with Gasteiger partial charge in [0.25, 0.3) is 0 Å². The second-order valence-electron chi connectivity index (χ2n) is 21.0. The Balaban J connectivity index is 0.735. The smallest absolute Gasteiger partial charge is 0.246 e. The van der Waals surface area contributed by atoms with Crippen molar-refractivity contribution in [3.63, 3.8) is 0 Å². The molecule has 1 aliphatic carbocycles. The molecular formula is C53H65ClN10O7S2. The van der Waals surface area contributed by atoms with Crippen molar-refractivity contribution in [1.29, 1.82) is 0 Å². The minimum Gasteiger partial charge on any atom is -0.391 e. The largest absolute Gasteiger partial charge is 0.391 e. The molecule has 5 N–H and O–H groups in total. The molecule has 0 unspecified atom stereocenters. The lowest BCUT2D eigenvalue weighted by Gasteiger charge is -2.40. The number of piperidine rings is 1. The zero-order valence-corrected chi connectivity index (χ0v) is 44.7. The van der Waals surface area contributed by atoms with Crippen LogP contribution in [-0.2, 0) is 30.5 Å². The molecule has 5 atom stereocenters. The second-order valence-corrected chi connectivity index (χ2v) is 23.5. The first kappa shape index (κ1) is 52.5. The van der Waals surface area contributed by atoms with Crippen molar-refractivity contribution in [3.8, 4) is 15.4 Å². The van der Waals surface area contributed by atoms with Crippen LogP contribution in [0.1, 0.15) is 123 Å². The number of amides is 4. The predicted octanol–water partition coefficient (Wildman–Crippen LogP) is 6.30. The third-order valence-corrected chi connectivity index (χ3v) is 17.0. The Hall–Kier alpha value is -5.41. The Bertz CT molecular complexity index is 2860. The fourth-order valence-electron chi connectivity index (χ4n) is 10.3. The van der Waals surface area contributed by atoms with Gasteiger partial charge in [-0.05, 0) is 87.6 Å². The highest BCUT2D eigenvalue weighted by Crippen LogP contribution is 2.40. The number of carbonyl (C=O) groups is 4. The number of rotatable bonds is 15. The first-order valence-corrected chi connectivity index (χ1v) is 27.2. The molecule has 3 aromatic heterocycles. The van der Waals surface area contributed by atoms with Gasteiger partial charge < -0.3 is 35.8 Å². The molecule has 1 saturated carbocycles. The van der Waals surface area contributed by atoms with Gasteiger partial charge in [-0.3, -0.25) is 33.6 Å². The lowest BCUT2D eigenvalue weighted by Crippen LogP contribution is -2.59. The van der Waals surface area contributed by atoms with Crippen molar-refractivity contribution in [2.75, 3.05) is 26.2 Å². The monoisotopic (exact) mass is 1050 g/mol. The van der Waals surface area contributed by atoms with Crippen LogP contribution in [0, 0.1) is 26.2 Å². The lowest BCUT2D eigenvalue weighted by atomic mass is 9.85. The van der Waals surface area contributed by atoms with Gasteiger partial charge in [-0.1, -0.05) is 68.8 Å². The third-order valence-electron chi connectivity index (χ3n) is 14.6. The van der Waals surface area contributed by atoms with Crippen molar-refractivity contribution in [2.24, 2.45) is 10.4 Å². The number of aryl methyl sites for hydroxylation is 2. The van der Waals surface area contributed by atoms with Crippen LogP contribution in [0.15, 0.2) is 59.0 Å². The SMILES string of the molecule is Cc1sc2c(c1C)C(c1ccc(Cl)cc1)=N[C@@H](CC(=O)NC1CC(OC3CCN(CC(=O)N[C@H](C(=O)N4C[C@H](O)C[C@@H]4C(=O)N[C@@H](C)c4ccc(-c5scnc5CO)cc4)C(C)(C)C)CC3)C1)c1nnc(C)n1-2. The van der Waals surface area contributed by atoms with Gasteiger partial charge in [0, 0.05) is 53.1 Å². The number of ether oxygens (including phenoxy) is 1. The molecule has 9 rings (SSSR count). The number of likely N-dealkylation sites (tertiary alicyclic amines) is 2. The Morgan fingerprint density at radius 3 is 2.30 bits per heavy atom. The van der Waals surface area contributed by atoms with Gasteiger partial charge in [0.2, 0.25) is 23.6 Å². The molecule has 388 valence electrons. The number of carbonyl (C=O) groups excluding carboxylic acids is 4. The van der Waals surface area contributed by atoms with E-state index in [9.17, 15) is 29.4 Å². The second kappa shape index (κ2) is 21.8. The normalized spacial score (nSPS) is 22.1. The Morgan fingerprint density at radius 1 is 0.918 bits per heavy atom. The molecular weight excluding hydrogens is 988 g/mol. The lowest BCUT2D eigenvalue weighted by molar-refractivity contribution is -0.144. The van der Waals surface area contributed by atoms with Gasteiger partial charge >= 0.3 is 0 Å². The Labute approximate surface area is 438 Å². The van der Waals surface area contributed by atoms with Crippen LogP contribution in [0.3, 0.4) is 0 Å². The number of aliphatic imine (C=N–C) groups is 1. The summed E-state index contributed by atoms with van der Waals surface area (Å²) in [6, 6.07) is 12.5. The fourth-order valence-corrected chi connectivity index (χ4v) is 12.5. The molecule has 6 heterocycles. The summed E-state index contributed by atoms with van der Waals surface area (Å²) in [6.45, 7) is 14.8. The van der Waals surface area contributed by atoms with Crippen molar-refractivity contribution in [2.45, 2.75) is 142 Å². The van der Waals surface area contributed by atoms with E-state index in [0.717, 1.165) is 62.1 Å². The average Bonchev–Trinajstić information content (AvgIpc) is 4.13. The van der Waals surface area contributed by atoms with Gasteiger partial charge in [0.05, 0.1) is 65.7 Å². The third kappa shape index (κ3) is 11.5. The number of aliphatic hydroxyl groups is 2. The Morgan fingerprint density at radius 2 is 1.62 bits per heavy atom. The number of β-amino-alcohol motifs (C(OH)–C–C–N with tert-alkyl or cyclic N) is 1. The van der Waals surface area contributed by atoms with E-state index in [1.54, 1.807) is 16.8 Å². The van der Waals surface area contributed by atoms with Crippen LogP contribution in [0.5, 0.6) is 0 Å². The number of aliphatic hydroxyl groups excluding tert-OH is 2. The van der Waals surface area contributed by atoms with Gasteiger partial charge in [-0.25, -0.2) is 4.98 Å². The first-order chi connectivity index (χ1) is 34.8. The number of nitrogens with zero attached hydrogens (tertiary/aromatic N) is 7. The maximum absolute atomic E-state index is 14.3. The van der Waals surface area contributed by atoms with E-state index in [1.807, 2.05) is 87.7 Å². The molecule has 5 aromatic rings. The predicted molar refractivity (Wildman–Crippen MR) is 281 cm³/mol. The van der Waals surface area contributed by atoms with Crippen LogP contribution in [0.2, 0.25) is 5.02 Å². The van der Waals surface area contributed by atoms with Gasteiger partial charge in [-0.15, -0.1) is 32.9 Å². The standard InChI is InChI=1S/C53H65ClN10O7S2/c1-28-30(3)73-52-45(28)46(33-12-14-35(54)15-13-33)58-40(49-61-60-31(4)64(49)52)23-43(67)57-36-20-39(21-36)71-38-16-18-62(19-17-38)25-44(68)59-48(53(5,6)7)51(70)63-24-37(66)22-42(63)50(69)56-29(2)32-8-10-34(11-9-32)47-41(26-65)55-27-72-47/h8-15,27,29,36-40,42,48,65-66H,16-26H2,1-7H3,(H,56,69)(H,57,67)(H,59,68)/t29-,36?,37+,39?,40-,42+,48+/m0/s1. The van der Waals surface area contributed by atoms with Crippen molar-refractivity contribution in [3.05, 3.63) is 104 Å². The highest BCUT2D eigenvalue weighted by molar-refractivity contribution is 7.15. The molecule has 3 aliphatic heterocycles. The zero-order valence-electron chi connectivity index (χ0n) is 42.4. The molecule has 17 nitrogen and oxygen atoms in total. The van der Waals surface area contributed by atoms with Gasteiger partial charge in [0.15, 0.2) is 5.82 Å². The minimum atomic E-state index is -0.937. The summed E-state index contributed by atoms with van der Waals surface area (Å²) in [5.41, 5.74) is 7.24. The highest BCUT2D eigenvalue weighted by atomic mass is 35.5. The molecule has 0 radical (unpaired) electrons. The number of nitrogens with one attached hydrogen (secondary N) is 3. The van der Waals surface area contributed by atoms with E-state index in [4.69, 9.17) is 21.3 Å². The number of aromatic nitrogens is 4. The van der Waals surface area contributed by atoms with Crippen molar-refractivity contribution in [1.82, 2.24) is 45.5 Å². The first-order valence-electron chi connectivity index (χ1n) is 25.1. The maximum atomic E-state index is 14.3. The van der Waals surface area contributed by atoms with E-state index < -0.39 is 41.6 Å². The number of benzene rings is 2. The summed E-state index contributed by atoms with van der Waals surface area (Å²) in [5.74, 6) is 0.173. The minimum absolute atomic E-state index is 0.0185. The van der Waals surface area contributed by atoms with E-state index in [2.05, 4.69) is 49.9 Å². The molecule has 4 amide bonds. The molecule has 2 saturated heterocycles. The van der Waals surface area contributed by atoms with E-state index >= 15 is 0 Å². The van der Waals surface area contributed by atoms with E-state index in [-0.39, 0.29) is 68.5 Å². The number of halogens is 1. The summed E-state index contributed by atoms with van der Waals surface area (Å²) in [4.78, 5) is 70.4. The number of thiophene rings is 1. The van der Waals surface area contributed by atoms with Gasteiger partial charge in [-0.2, -0.15) is 0 Å². The van der Waals surface area contributed by atoms with Crippen LogP contribution in [0.4, 0.5) is 0 Å². The van der Waals surface area contributed by atoms with E-state index in [0.29, 0.717) is 42.5 Å². The quantitative estimate of drug-likeness (QED) is 0.0784. The van der Waals surface area contributed by atoms with Gasteiger partial charge in [0.1, 0.15) is 29.0 Å². The zero-order chi connectivity index (χ0) is 51.9. The summed E-state index contributed by atoms with van der Waals surface area (Å²) < 4.78 is 8.54. The molecule has 20 heteroatoms. The van der Waals surface area contributed by atoms with Crippen LogP contribution >= 0.6 is 34.3 Å². The van der Waals surface area contributed by atoms with Crippen LogP contribution in [-0.4, -0.2) is 132 Å². The number of thiazole rings is 1. The average molecular weight is 1050 g/mol. The number of fused-ring (bicyclic) bond motifs is 3. The molecule has 0 bridgehead atoms. The molecule has 0 spiro atoms. The number of hydrogen-bond donors (Lipinski definition) is 5. The summed E-state index contributed by atoms with van der Waals surface area (Å²) in [6.07, 6.45) is 2.24. The molecule has 73 heavy (non-hydrogen) atoms. The molecule has 2 aromatic carbocycles. The molecule has 3 fully saturated rings. The summed E-state index contributed by atoms with van der Waals surface area (Å²) in [7, 11) is 0. The maximum Gasteiger partial charge on any atom is 0.246 e. The molecule has 4 aliphatic rings. The fraction of sp³-hybridized carbons (Fsp3) is 0.509. The highest BCUT2D eigenvalue weighted by Gasteiger charge is 2.45. The number of hydrogen-bond acceptors (Lipinski definition) is 14. The topological polar surface area (TPSA) is 216 Å². The summed E-state index contributed by atoms with van der Waals surface area (Å²) >= 11 is 9.39. The summed E-state index contributed by atoms with van der Waals surface area (Å²) in [5, 5.41) is 40.2. The van der Waals surface area contributed by atoms with Crippen LogP contribution < -0.4 is 16.0 Å². The van der Waals surface area contributed by atoms with Crippen molar-refractivity contribution >= 4 is 63.6 Å². The van der Waals surface area contributed by atoms with Crippen LogP contribution in [0.25, 0.3) is 15.4 Å². The van der Waals surface area contributed by atoms with Crippen molar-refractivity contribution < 1.29 is 34.1 Å². The van der Waals surface area contributed by atoms with E-state index in [1.165, 1.54) is 21.1 Å².